The summed E-state index contributed by atoms with van der Waals surface area (Å²) in [4.78, 5) is 18.0. The Balaban J connectivity index is 1.47. The first-order valence-electron chi connectivity index (χ1n) is 8.56. The number of anilines is 1. The molecule has 1 aromatic heterocycles. The van der Waals surface area contributed by atoms with E-state index in [1.165, 1.54) is 23.5 Å². The largest absolute Gasteiger partial charge is 0.507 e. The molecule has 0 saturated heterocycles. The summed E-state index contributed by atoms with van der Waals surface area (Å²) in [7, 11) is 0. The summed E-state index contributed by atoms with van der Waals surface area (Å²) in [5, 5.41) is 13.3. The van der Waals surface area contributed by atoms with Gasteiger partial charge in [-0.3, -0.25) is 10.1 Å². The minimum absolute atomic E-state index is 0.107. The first-order chi connectivity index (χ1) is 13.2. The van der Waals surface area contributed by atoms with Gasteiger partial charge in [-0.15, -0.1) is 0 Å². The Hall–Kier alpha value is -2.90. The van der Waals surface area contributed by atoms with Crippen molar-refractivity contribution in [3.8, 4) is 11.5 Å². The number of phenols is 1. The second kappa shape index (κ2) is 7.77. The third kappa shape index (κ3) is 4.10. The molecule has 0 bridgehead atoms. The average molecular weight is 382 g/mol. The zero-order valence-corrected chi connectivity index (χ0v) is 15.3. The molecule has 4 rings (SSSR count). The molecule has 0 fully saturated rings. The third-order valence-electron chi connectivity index (χ3n) is 4.18. The summed E-state index contributed by atoms with van der Waals surface area (Å²) >= 11 is 1.39. The van der Waals surface area contributed by atoms with Gasteiger partial charge in [-0.1, -0.05) is 41.7 Å². The summed E-state index contributed by atoms with van der Waals surface area (Å²) in [6.07, 6.45) is 0.746. The van der Waals surface area contributed by atoms with Crippen molar-refractivity contribution >= 4 is 22.4 Å². The van der Waals surface area contributed by atoms with Crippen molar-refractivity contribution < 1.29 is 19.4 Å². The van der Waals surface area contributed by atoms with E-state index in [4.69, 9.17) is 9.47 Å². The molecule has 0 aliphatic carbocycles. The van der Waals surface area contributed by atoms with Crippen LogP contribution in [0.2, 0.25) is 0 Å². The molecule has 2 heterocycles. The molecule has 1 aliphatic heterocycles. The number of benzene rings is 2. The molecule has 1 aliphatic rings. The first-order valence-corrected chi connectivity index (χ1v) is 9.38. The van der Waals surface area contributed by atoms with Gasteiger partial charge >= 0.3 is 0 Å². The topological polar surface area (TPSA) is 80.7 Å². The van der Waals surface area contributed by atoms with Gasteiger partial charge in [0, 0.05) is 6.42 Å². The lowest BCUT2D eigenvalue weighted by Gasteiger charge is -2.09. The highest BCUT2D eigenvalue weighted by atomic mass is 32.1. The lowest BCUT2D eigenvalue weighted by molar-refractivity contribution is 0.102. The Labute approximate surface area is 160 Å². The Kier molecular flexibility index (Phi) is 5.04. The van der Waals surface area contributed by atoms with Crippen LogP contribution < -0.4 is 10.1 Å². The van der Waals surface area contributed by atoms with Crippen LogP contribution in [0.1, 0.15) is 26.5 Å². The van der Waals surface area contributed by atoms with Crippen molar-refractivity contribution in [2.45, 2.75) is 19.6 Å². The monoisotopic (exact) mass is 382 g/mol. The number of fused-ring (bicyclic) bond motifs is 1. The van der Waals surface area contributed by atoms with E-state index in [9.17, 15) is 9.90 Å². The van der Waals surface area contributed by atoms with Crippen molar-refractivity contribution in [3.63, 3.8) is 0 Å². The van der Waals surface area contributed by atoms with Crippen LogP contribution in [0.5, 0.6) is 11.5 Å². The molecular formula is C20H18N2O4S. The highest BCUT2D eigenvalue weighted by Gasteiger charge is 2.19. The molecule has 7 heteroatoms. The second-order valence-corrected chi connectivity index (χ2v) is 7.18. The molecule has 2 N–H and O–H groups in total. The van der Waals surface area contributed by atoms with Crippen LogP contribution in [0.4, 0.5) is 5.13 Å². The fraction of sp³-hybridized carbons (Fsp3) is 0.200. The molecule has 3 aromatic rings. The first kappa shape index (κ1) is 17.5. The zero-order valence-electron chi connectivity index (χ0n) is 14.5. The van der Waals surface area contributed by atoms with Crippen LogP contribution in [0.25, 0.3) is 0 Å². The number of nitrogens with one attached hydrogen (secondary N) is 1. The number of thiazole rings is 1. The number of aromatic hydroxyl groups is 1. The predicted molar refractivity (Wildman–Crippen MR) is 102 cm³/mol. The number of rotatable bonds is 5. The van der Waals surface area contributed by atoms with Gasteiger partial charge in [0.2, 0.25) is 0 Å². The van der Waals surface area contributed by atoms with E-state index in [1.807, 2.05) is 30.3 Å². The SMILES string of the molecule is O=C(Nc1nc2c(s1)COCC2)c1cc(OCc2ccccc2)ccc1O. The summed E-state index contributed by atoms with van der Waals surface area (Å²) in [6, 6.07) is 14.4. The quantitative estimate of drug-likeness (QED) is 0.702. The summed E-state index contributed by atoms with van der Waals surface area (Å²) in [6.45, 7) is 1.55. The van der Waals surface area contributed by atoms with Crippen LogP contribution in [0, 0.1) is 0 Å². The number of nitrogens with zero attached hydrogens (tertiary/aromatic N) is 1. The van der Waals surface area contributed by atoms with Crippen molar-refractivity contribution in [3.05, 3.63) is 70.2 Å². The van der Waals surface area contributed by atoms with E-state index < -0.39 is 5.91 Å². The molecule has 1 amide bonds. The second-order valence-electron chi connectivity index (χ2n) is 6.10. The Morgan fingerprint density at radius 3 is 2.93 bits per heavy atom. The Morgan fingerprint density at radius 1 is 1.26 bits per heavy atom. The molecule has 0 atom stereocenters. The van der Waals surface area contributed by atoms with Gasteiger partial charge in [-0.2, -0.15) is 0 Å². The number of hydrogen-bond donors (Lipinski definition) is 2. The van der Waals surface area contributed by atoms with Crippen molar-refractivity contribution in [1.82, 2.24) is 4.98 Å². The summed E-state index contributed by atoms with van der Waals surface area (Å²) in [5.74, 6) is -0.0254. The number of carbonyl (C=O) groups excluding carboxylic acids is 1. The molecule has 0 saturated carbocycles. The fourth-order valence-corrected chi connectivity index (χ4v) is 3.71. The van der Waals surface area contributed by atoms with Gasteiger partial charge in [0.15, 0.2) is 5.13 Å². The van der Waals surface area contributed by atoms with E-state index in [0.29, 0.717) is 30.7 Å². The third-order valence-corrected chi connectivity index (χ3v) is 5.16. The van der Waals surface area contributed by atoms with Gasteiger partial charge < -0.3 is 14.6 Å². The fourth-order valence-electron chi connectivity index (χ4n) is 2.77. The number of amides is 1. The van der Waals surface area contributed by atoms with Gasteiger partial charge in [0.1, 0.15) is 18.1 Å². The van der Waals surface area contributed by atoms with Gasteiger partial charge in [0.25, 0.3) is 5.91 Å². The highest BCUT2D eigenvalue weighted by molar-refractivity contribution is 7.15. The number of carbonyl (C=O) groups is 1. The standard InChI is InChI=1S/C20H18N2O4S/c23-17-7-6-14(26-11-13-4-2-1-3-5-13)10-15(17)19(24)22-20-21-16-8-9-25-12-18(16)27-20/h1-7,10,23H,8-9,11-12H2,(H,21,22,24). The lowest BCUT2D eigenvalue weighted by Crippen LogP contribution is -2.12. The molecule has 6 nitrogen and oxygen atoms in total. The zero-order chi connectivity index (χ0) is 18.6. The molecule has 27 heavy (non-hydrogen) atoms. The smallest absolute Gasteiger partial charge is 0.261 e. The maximum absolute atomic E-state index is 12.6. The van der Waals surface area contributed by atoms with Gasteiger partial charge in [0.05, 0.1) is 29.3 Å². The lowest BCUT2D eigenvalue weighted by atomic mass is 10.1. The number of phenolic OH excluding ortho intramolecular Hbond substituents is 1. The molecule has 0 spiro atoms. The van der Waals surface area contributed by atoms with Crippen molar-refractivity contribution in [2.75, 3.05) is 11.9 Å². The van der Waals surface area contributed by atoms with Crippen LogP contribution in [0.15, 0.2) is 48.5 Å². The Morgan fingerprint density at radius 2 is 2.11 bits per heavy atom. The maximum Gasteiger partial charge on any atom is 0.261 e. The molecule has 2 aromatic carbocycles. The molecule has 0 unspecified atom stereocenters. The minimum Gasteiger partial charge on any atom is -0.507 e. The van der Waals surface area contributed by atoms with E-state index in [0.717, 1.165) is 22.6 Å². The summed E-state index contributed by atoms with van der Waals surface area (Å²) in [5.41, 5.74) is 2.13. The van der Waals surface area contributed by atoms with Gasteiger partial charge in [-0.25, -0.2) is 4.98 Å². The molecule has 0 radical (unpaired) electrons. The van der Waals surface area contributed by atoms with E-state index in [1.54, 1.807) is 6.07 Å². The van der Waals surface area contributed by atoms with Crippen molar-refractivity contribution in [1.29, 1.82) is 0 Å². The van der Waals surface area contributed by atoms with Crippen LogP contribution in [-0.2, 0) is 24.4 Å². The number of aromatic nitrogens is 1. The van der Waals surface area contributed by atoms with E-state index in [-0.39, 0.29) is 11.3 Å². The normalized spacial score (nSPS) is 13.0. The predicted octanol–water partition coefficient (Wildman–Crippen LogP) is 3.75. The minimum atomic E-state index is -0.426. The van der Waals surface area contributed by atoms with E-state index >= 15 is 0 Å². The van der Waals surface area contributed by atoms with Crippen LogP contribution in [0.3, 0.4) is 0 Å². The summed E-state index contributed by atoms with van der Waals surface area (Å²) < 4.78 is 11.1. The molecule has 138 valence electrons. The highest BCUT2D eigenvalue weighted by Crippen LogP contribution is 2.29. The number of hydrogen-bond acceptors (Lipinski definition) is 6. The average Bonchev–Trinajstić information content (AvgIpc) is 3.10. The maximum atomic E-state index is 12.6. The molecular weight excluding hydrogens is 364 g/mol. The van der Waals surface area contributed by atoms with Crippen LogP contribution in [-0.4, -0.2) is 22.6 Å². The van der Waals surface area contributed by atoms with Gasteiger partial charge in [-0.05, 0) is 23.8 Å². The number of ether oxygens (including phenoxy) is 2. The Bertz CT molecular complexity index is 932. The van der Waals surface area contributed by atoms with Crippen molar-refractivity contribution in [2.24, 2.45) is 0 Å². The van der Waals surface area contributed by atoms with Crippen LogP contribution >= 0.6 is 11.3 Å². The van der Waals surface area contributed by atoms with E-state index in [2.05, 4.69) is 10.3 Å².